The standard InChI is InChI=1S/C24H20N4O4/c1-16-20(13-28(24(30)31)21-7-5-17(10-25)6-8-21)12-27-22(14-29)23(16)32-15-19-4-2-3-18(9-19)11-26/h2-9,12,29H,13-15H2,1H3,(H,30,31). The number of pyridine rings is 1. The van der Waals surface area contributed by atoms with Crippen molar-refractivity contribution in [2.45, 2.75) is 26.7 Å². The summed E-state index contributed by atoms with van der Waals surface area (Å²) in [6.07, 6.45) is 0.361. The van der Waals surface area contributed by atoms with Gasteiger partial charge in [0, 0.05) is 11.9 Å². The molecule has 8 heteroatoms. The predicted molar refractivity (Wildman–Crippen MR) is 116 cm³/mol. The molecule has 2 aromatic carbocycles. The van der Waals surface area contributed by atoms with Crippen LogP contribution >= 0.6 is 0 Å². The Balaban J connectivity index is 1.88. The third-order valence-electron chi connectivity index (χ3n) is 4.92. The Labute approximate surface area is 185 Å². The molecule has 2 N–H and O–H groups in total. The Kier molecular flexibility index (Phi) is 7.02. The van der Waals surface area contributed by atoms with Gasteiger partial charge in [-0.1, -0.05) is 12.1 Å². The summed E-state index contributed by atoms with van der Waals surface area (Å²) in [5, 5.41) is 37.4. The summed E-state index contributed by atoms with van der Waals surface area (Å²) in [6, 6.07) is 17.3. The Morgan fingerprint density at radius 2 is 1.84 bits per heavy atom. The third kappa shape index (κ3) is 5.01. The number of aromatic nitrogens is 1. The van der Waals surface area contributed by atoms with E-state index in [-0.39, 0.29) is 19.8 Å². The number of nitriles is 2. The second kappa shape index (κ2) is 10.1. The van der Waals surface area contributed by atoms with Crippen molar-refractivity contribution in [1.29, 1.82) is 10.5 Å². The van der Waals surface area contributed by atoms with Gasteiger partial charge in [-0.2, -0.15) is 10.5 Å². The number of rotatable bonds is 7. The van der Waals surface area contributed by atoms with Crippen LogP contribution in [0.2, 0.25) is 0 Å². The molecule has 0 fully saturated rings. The molecule has 0 spiro atoms. The third-order valence-corrected chi connectivity index (χ3v) is 4.92. The second-order valence-electron chi connectivity index (χ2n) is 6.97. The molecule has 3 rings (SSSR count). The van der Waals surface area contributed by atoms with Crippen molar-refractivity contribution in [2.24, 2.45) is 0 Å². The highest BCUT2D eigenvalue weighted by atomic mass is 16.5. The molecule has 0 atom stereocenters. The Hall–Kier alpha value is -4.40. The maximum absolute atomic E-state index is 11.9. The molecule has 3 aromatic rings. The monoisotopic (exact) mass is 428 g/mol. The van der Waals surface area contributed by atoms with Crippen molar-refractivity contribution in [3.8, 4) is 17.9 Å². The molecule has 0 unspecified atom stereocenters. The molecule has 0 aliphatic carbocycles. The van der Waals surface area contributed by atoms with Gasteiger partial charge in [-0.3, -0.25) is 9.88 Å². The average Bonchev–Trinajstić information content (AvgIpc) is 2.82. The lowest BCUT2D eigenvalue weighted by Gasteiger charge is -2.22. The fraction of sp³-hybridized carbons (Fsp3) is 0.167. The van der Waals surface area contributed by atoms with Crippen LogP contribution in [0, 0.1) is 29.6 Å². The van der Waals surface area contributed by atoms with Crippen LogP contribution in [0.15, 0.2) is 54.7 Å². The van der Waals surface area contributed by atoms with E-state index in [0.717, 1.165) is 10.5 Å². The second-order valence-corrected chi connectivity index (χ2v) is 6.97. The SMILES string of the molecule is Cc1c(CN(C(=O)O)c2ccc(C#N)cc2)cnc(CO)c1OCc1cccc(C#N)c1. The van der Waals surface area contributed by atoms with Gasteiger partial charge in [-0.25, -0.2) is 4.79 Å². The first kappa shape index (κ1) is 22.3. The molecule has 0 saturated carbocycles. The van der Waals surface area contributed by atoms with Gasteiger partial charge < -0.3 is 14.9 Å². The van der Waals surface area contributed by atoms with E-state index in [2.05, 4.69) is 11.1 Å². The molecule has 1 heterocycles. The number of amides is 1. The molecule has 1 amide bonds. The smallest absolute Gasteiger partial charge is 0.412 e. The fourth-order valence-corrected chi connectivity index (χ4v) is 3.18. The lowest BCUT2D eigenvalue weighted by atomic mass is 10.1. The number of nitrogens with zero attached hydrogens (tertiary/aromatic N) is 4. The number of aliphatic hydroxyl groups excluding tert-OH is 1. The molecule has 0 radical (unpaired) electrons. The Morgan fingerprint density at radius 3 is 2.47 bits per heavy atom. The van der Waals surface area contributed by atoms with Gasteiger partial charge in [0.25, 0.3) is 0 Å². The summed E-state index contributed by atoms with van der Waals surface area (Å²) in [6.45, 7) is 1.60. The number of aliphatic hydroxyl groups is 1. The summed E-state index contributed by atoms with van der Waals surface area (Å²) < 4.78 is 5.93. The predicted octanol–water partition coefficient (Wildman–Crippen LogP) is 3.89. The lowest BCUT2D eigenvalue weighted by Crippen LogP contribution is -2.29. The average molecular weight is 428 g/mol. The summed E-state index contributed by atoms with van der Waals surface area (Å²) in [7, 11) is 0. The fourth-order valence-electron chi connectivity index (χ4n) is 3.18. The quantitative estimate of drug-likeness (QED) is 0.584. The Bertz CT molecular complexity index is 1210. The van der Waals surface area contributed by atoms with Crippen molar-refractivity contribution >= 4 is 11.8 Å². The van der Waals surface area contributed by atoms with Crippen molar-refractivity contribution in [2.75, 3.05) is 4.90 Å². The largest absolute Gasteiger partial charge is 0.487 e. The highest BCUT2D eigenvalue weighted by Gasteiger charge is 2.19. The molecular formula is C24H20N4O4. The van der Waals surface area contributed by atoms with Crippen molar-refractivity contribution in [3.05, 3.63) is 88.2 Å². The van der Waals surface area contributed by atoms with E-state index in [1.54, 1.807) is 49.4 Å². The molecule has 8 nitrogen and oxygen atoms in total. The van der Waals surface area contributed by atoms with Crippen LogP contribution in [-0.2, 0) is 19.8 Å². The van der Waals surface area contributed by atoms with Crippen molar-refractivity contribution in [1.82, 2.24) is 4.98 Å². The first-order valence-corrected chi connectivity index (χ1v) is 9.67. The van der Waals surface area contributed by atoms with Crippen molar-refractivity contribution < 1.29 is 19.7 Å². The van der Waals surface area contributed by atoms with E-state index in [0.29, 0.717) is 39.4 Å². The van der Waals surface area contributed by atoms with Crippen molar-refractivity contribution in [3.63, 3.8) is 0 Å². The minimum absolute atomic E-state index is 0.00600. The first-order valence-electron chi connectivity index (χ1n) is 9.67. The first-order chi connectivity index (χ1) is 15.5. The minimum Gasteiger partial charge on any atom is -0.487 e. The molecule has 0 bridgehead atoms. The number of anilines is 1. The molecular weight excluding hydrogens is 408 g/mol. The van der Waals surface area contributed by atoms with Gasteiger partial charge >= 0.3 is 6.09 Å². The maximum Gasteiger partial charge on any atom is 0.412 e. The van der Waals surface area contributed by atoms with Crippen LogP contribution in [0.25, 0.3) is 0 Å². The van der Waals surface area contributed by atoms with Gasteiger partial charge in [0.2, 0.25) is 0 Å². The van der Waals surface area contributed by atoms with E-state index in [9.17, 15) is 15.0 Å². The van der Waals surface area contributed by atoms with Crippen LogP contribution in [0.3, 0.4) is 0 Å². The lowest BCUT2D eigenvalue weighted by molar-refractivity contribution is 0.201. The van der Waals surface area contributed by atoms with Gasteiger partial charge in [-0.05, 0) is 60.0 Å². The highest BCUT2D eigenvalue weighted by Crippen LogP contribution is 2.28. The number of carbonyl (C=O) groups is 1. The number of hydrogen-bond acceptors (Lipinski definition) is 6. The van der Waals surface area contributed by atoms with E-state index in [4.69, 9.17) is 15.3 Å². The summed E-state index contributed by atoms with van der Waals surface area (Å²) in [5.74, 6) is 0.373. The van der Waals surface area contributed by atoms with Gasteiger partial charge in [-0.15, -0.1) is 0 Å². The number of benzene rings is 2. The molecule has 160 valence electrons. The number of carboxylic acid groups (broad SMARTS) is 1. The van der Waals surface area contributed by atoms with E-state index in [1.165, 1.54) is 6.20 Å². The zero-order valence-electron chi connectivity index (χ0n) is 17.3. The summed E-state index contributed by atoms with van der Waals surface area (Å²) >= 11 is 0. The van der Waals surface area contributed by atoms with E-state index >= 15 is 0 Å². The summed E-state index contributed by atoms with van der Waals surface area (Å²) in [4.78, 5) is 17.3. The zero-order valence-corrected chi connectivity index (χ0v) is 17.3. The minimum atomic E-state index is -1.16. The summed E-state index contributed by atoms with van der Waals surface area (Å²) in [5.41, 5.74) is 3.73. The van der Waals surface area contributed by atoms with Crippen LogP contribution < -0.4 is 9.64 Å². The number of hydrogen-bond donors (Lipinski definition) is 2. The highest BCUT2D eigenvalue weighted by molar-refractivity contribution is 5.86. The van der Waals surface area contributed by atoms with E-state index in [1.807, 2.05) is 12.1 Å². The Morgan fingerprint density at radius 1 is 1.12 bits per heavy atom. The molecule has 0 aliphatic heterocycles. The molecule has 0 saturated heterocycles. The topological polar surface area (TPSA) is 130 Å². The van der Waals surface area contributed by atoms with Crippen LogP contribution in [0.1, 0.15) is 33.5 Å². The van der Waals surface area contributed by atoms with Crippen LogP contribution in [-0.4, -0.2) is 21.3 Å². The maximum atomic E-state index is 11.9. The molecule has 1 aromatic heterocycles. The van der Waals surface area contributed by atoms with Gasteiger partial charge in [0.15, 0.2) is 0 Å². The van der Waals surface area contributed by atoms with Crippen LogP contribution in [0.4, 0.5) is 10.5 Å². The zero-order chi connectivity index (χ0) is 23.1. The van der Waals surface area contributed by atoms with Crippen LogP contribution in [0.5, 0.6) is 5.75 Å². The normalized spacial score (nSPS) is 10.1. The van der Waals surface area contributed by atoms with E-state index < -0.39 is 6.09 Å². The molecule has 0 aliphatic rings. The van der Waals surface area contributed by atoms with Gasteiger partial charge in [0.1, 0.15) is 18.1 Å². The number of ether oxygens (including phenoxy) is 1. The van der Waals surface area contributed by atoms with Gasteiger partial charge in [0.05, 0.1) is 36.4 Å². The molecule has 32 heavy (non-hydrogen) atoms.